The molecule has 0 radical (unpaired) electrons. The zero-order valence-corrected chi connectivity index (χ0v) is 11.4. The molecule has 100 valence electrons. The van der Waals surface area contributed by atoms with Crippen LogP contribution in [0.3, 0.4) is 0 Å². The molecule has 0 atom stereocenters. The van der Waals surface area contributed by atoms with Crippen molar-refractivity contribution in [1.82, 2.24) is 4.98 Å². The lowest BCUT2D eigenvalue weighted by molar-refractivity contribution is -0.140. The molecule has 0 spiro atoms. The van der Waals surface area contributed by atoms with Crippen LogP contribution in [0, 0.1) is 6.92 Å². The van der Waals surface area contributed by atoms with Crippen molar-refractivity contribution in [2.45, 2.75) is 19.8 Å². The summed E-state index contributed by atoms with van der Waals surface area (Å²) in [6.07, 6.45) is 0.930. The number of methoxy groups -OCH3 is 2. The predicted molar refractivity (Wildman–Crippen MR) is 73.4 cm³/mol. The summed E-state index contributed by atoms with van der Waals surface area (Å²) in [7, 11) is 3.03. The fourth-order valence-corrected chi connectivity index (χ4v) is 2.04. The first kappa shape index (κ1) is 13.3. The number of carbonyl (C=O) groups excluding carboxylic acids is 1. The number of aromatic nitrogens is 1. The van der Waals surface area contributed by atoms with Gasteiger partial charge in [-0.2, -0.15) is 0 Å². The maximum Gasteiger partial charge on any atom is 0.305 e. The first-order chi connectivity index (χ1) is 9.13. The summed E-state index contributed by atoms with van der Waals surface area (Å²) in [4.78, 5) is 15.7. The second kappa shape index (κ2) is 5.69. The van der Waals surface area contributed by atoms with Gasteiger partial charge >= 0.3 is 5.97 Å². The summed E-state index contributed by atoms with van der Waals surface area (Å²) >= 11 is 0. The smallest absolute Gasteiger partial charge is 0.305 e. The van der Waals surface area contributed by atoms with Crippen molar-refractivity contribution in [2.75, 3.05) is 14.2 Å². The van der Waals surface area contributed by atoms with Crippen molar-refractivity contribution in [3.8, 4) is 5.75 Å². The normalized spacial score (nSPS) is 10.5. The van der Waals surface area contributed by atoms with E-state index in [9.17, 15) is 4.79 Å². The molecular weight excluding hydrogens is 242 g/mol. The third kappa shape index (κ3) is 3.02. The second-order valence-corrected chi connectivity index (χ2v) is 4.39. The number of rotatable bonds is 4. The summed E-state index contributed by atoms with van der Waals surface area (Å²) in [5.41, 5.74) is 2.93. The molecule has 4 nitrogen and oxygen atoms in total. The van der Waals surface area contributed by atoms with Crippen molar-refractivity contribution in [3.63, 3.8) is 0 Å². The summed E-state index contributed by atoms with van der Waals surface area (Å²) in [5.74, 6) is 0.565. The minimum atomic E-state index is -0.217. The predicted octanol–water partition coefficient (Wildman–Crippen LogP) is 2.66. The summed E-state index contributed by atoms with van der Waals surface area (Å²) in [5, 5.41) is 1.10. The van der Waals surface area contributed by atoms with E-state index in [2.05, 4.69) is 9.72 Å². The molecule has 1 aromatic carbocycles. The minimum Gasteiger partial charge on any atom is -0.497 e. The molecule has 19 heavy (non-hydrogen) atoms. The Morgan fingerprint density at radius 3 is 2.74 bits per heavy atom. The molecule has 0 saturated carbocycles. The van der Waals surface area contributed by atoms with Crippen LogP contribution in [0.2, 0.25) is 0 Å². The summed E-state index contributed by atoms with van der Waals surface area (Å²) < 4.78 is 9.84. The monoisotopic (exact) mass is 259 g/mol. The van der Waals surface area contributed by atoms with Gasteiger partial charge in [-0.05, 0) is 30.7 Å². The standard InChI is InChI=1S/C15H17NO3/c1-10-8-11(4-7-15(17)19-3)16-14-9-12(18-2)5-6-13(10)14/h5-6,8-9H,4,7H2,1-3H3. The van der Waals surface area contributed by atoms with E-state index in [1.54, 1.807) is 7.11 Å². The van der Waals surface area contributed by atoms with Gasteiger partial charge in [-0.15, -0.1) is 0 Å². The molecule has 1 heterocycles. The maximum absolute atomic E-state index is 11.2. The highest BCUT2D eigenvalue weighted by molar-refractivity contribution is 5.83. The number of ether oxygens (including phenoxy) is 2. The van der Waals surface area contributed by atoms with E-state index in [0.717, 1.165) is 27.9 Å². The molecular formula is C15H17NO3. The van der Waals surface area contributed by atoms with Crippen molar-refractivity contribution in [3.05, 3.63) is 35.5 Å². The summed E-state index contributed by atoms with van der Waals surface area (Å²) in [6.45, 7) is 2.04. The first-order valence-corrected chi connectivity index (χ1v) is 6.15. The van der Waals surface area contributed by atoms with Crippen LogP contribution in [0.4, 0.5) is 0 Å². The van der Waals surface area contributed by atoms with Crippen molar-refractivity contribution in [2.24, 2.45) is 0 Å². The Hall–Kier alpha value is -2.10. The Bertz CT molecular complexity index is 608. The number of carbonyl (C=O) groups is 1. The molecule has 0 unspecified atom stereocenters. The van der Waals surface area contributed by atoms with Crippen LogP contribution in [0.5, 0.6) is 5.75 Å². The van der Waals surface area contributed by atoms with E-state index < -0.39 is 0 Å². The quantitative estimate of drug-likeness (QED) is 0.792. The van der Waals surface area contributed by atoms with Crippen LogP contribution in [0.25, 0.3) is 10.9 Å². The van der Waals surface area contributed by atoms with Gasteiger partial charge in [0.15, 0.2) is 0 Å². The van der Waals surface area contributed by atoms with Gasteiger partial charge in [0.2, 0.25) is 0 Å². The highest BCUT2D eigenvalue weighted by Crippen LogP contribution is 2.23. The molecule has 0 saturated heterocycles. The molecule has 0 bridgehead atoms. The van der Waals surface area contributed by atoms with Crippen LogP contribution in [-0.2, 0) is 16.0 Å². The summed E-state index contributed by atoms with van der Waals surface area (Å²) in [6, 6.07) is 7.84. The highest BCUT2D eigenvalue weighted by Gasteiger charge is 2.07. The molecule has 0 aliphatic rings. The Kier molecular flexibility index (Phi) is 4.00. The number of benzene rings is 1. The molecule has 1 aromatic heterocycles. The van der Waals surface area contributed by atoms with Crippen LogP contribution >= 0.6 is 0 Å². The number of hydrogen-bond donors (Lipinski definition) is 0. The Morgan fingerprint density at radius 2 is 2.05 bits per heavy atom. The zero-order chi connectivity index (χ0) is 13.8. The fraction of sp³-hybridized carbons (Fsp3) is 0.333. The molecule has 2 rings (SSSR count). The zero-order valence-electron chi connectivity index (χ0n) is 11.4. The SMILES string of the molecule is COC(=O)CCc1cc(C)c2ccc(OC)cc2n1. The molecule has 0 fully saturated rings. The van der Waals surface area contributed by atoms with Crippen LogP contribution < -0.4 is 4.74 Å². The topological polar surface area (TPSA) is 48.4 Å². The molecule has 0 amide bonds. The lowest BCUT2D eigenvalue weighted by Crippen LogP contribution is -2.03. The largest absolute Gasteiger partial charge is 0.497 e. The van der Waals surface area contributed by atoms with Gasteiger partial charge in [-0.1, -0.05) is 0 Å². The third-order valence-electron chi connectivity index (χ3n) is 3.09. The Labute approximate surface area is 112 Å². The van der Waals surface area contributed by atoms with Crippen molar-refractivity contribution in [1.29, 1.82) is 0 Å². The van der Waals surface area contributed by atoms with Crippen molar-refractivity contribution < 1.29 is 14.3 Å². The number of aryl methyl sites for hydroxylation is 2. The fourth-order valence-electron chi connectivity index (χ4n) is 2.04. The van der Waals surface area contributed by atoms with E-state index in [0.29, 0.717) is 12.8 Å². The van der Waals surface area contributed by atoms with Gasteiger partial charge in [0, 0.05) is 23.6 Å². The number of nitrogens with zero attached hydrogens (tertiary/aromatic N) is 1. The average Bonchev–Trinajstić information content (AvgIpc) is 2.44. The van der Waals surface area contributed by atoms with Crippen molar-refractivity contribution >= 4 is 16.9 Å². The third-order valence-corrected chi connectivity index (χ3v) is 3.09. The minimum absolute atomic E-state index is 0.217. The van der Waals surface area contributed by atoms with Crippen LogP contribution in [0.1, 0.15) is 17.7 Å². The first-order valence-electron chi connectivity index (χ1n) is 6.15. The van der Waals surface area contributed by atoms with E-state index in [1.807, 2.05) is 31.2 Å². The number of fused-ring (bicyclic) bond motifs is 1. The second-order valence-electron chi connectivity index (χ2n) is 4.39. The highest BCUT2D eigenvalue weighted by atomic mass is 16.5. The van der Waals surface area contributed by atoms with E-state index >= 15 is 0 Å². The Morgan fingerprint density at radius 1 is 1.26 bits per heavy atom. The maximum atomic E-state index is 11.2. The van der Waals surface area contributed by atoms with Gasteiger partial charge in [-0.25, -0.2) is 0 Å². The Balaban J connectivity index is 2.33. The number of pyridine rings is 1. The van der Waals surface area contributed by atoms with Crippen LogP contribution in [0.15, 0.2) is 24.3 Å². The number of hydrogen-bond acceptors (Lipinski definition) is 4. The van der Waals surface area contributed by atoms with Crippen LogP contribution in [-0.4, -0.2) is 25.2 Å². The molecule has 0 aliphatic carbocycles. The van der Waals surface area contributed by atoms with Gasteiger partial charge in [0.1, 0.15) is 5.75 Å². The number of esters is 1. The lowest BCUT2D eigenvalue weighted by Gasteiger charge is -2.07. The average molecular weight is 259 g/mol. The van der Waals surface area contributed by atoms with E-state index in [1.165, 1.54) is 7.11 Å². The molecule has 2 aromatic rings. The van der Waals surface area contributed by atoms with Gasteiger partial charge < -0.3 is 9.47 Å². The molecule has 0 N–H and O–H groups in total. The van der Waals surface area contributed by atoms with E-state index in [-0.39, 0.29) is 5.97 Å². The molecule has 0 aliphatic heterocycles. The molecule has 4 heteroatoms. The lowest BCUT2D eigenvalue weighted by atomic mass is 10.1. The van der Waals surface area contributed by atoms with E-state index in [4.69, 9.17) is 4.74 Å². The van der Waals surface area contributed by atoms with Gasteiger partial charge in [-0.3, -0.25) is 9.78 Å². The van der Waals surface area contributed by atoms with Gasteiger partial charge in [0.25, 0.3) is 0 Å². The van der Waals surface area contributed by atoms with Gasteiger partial charge in [0.05, 0.1) is 26.2 Å².